The van der Waals surface area contributed by atoms with Gasteiger partial charge in [0.05, 0.1) is 22.5 Å². The Balaban J connectivity index is 1.91. The van der Waals surface area contributed by atoms with Crippen molar-refractivity contribution in [1.29, 1.82) is 0 Å². The molecule has 25 heavy (non-hydrogen) atoms. The number of nitrogen functional groups attached to an aromatic ring is 1. The molecule has 2 aliphatic heterocycles. The Morgan fingerprint density at radius 2 is 1.88 bits per heavy atom. The fourth-order valence-corrected chi connectivity index (χ4v) is 2.95. The summed E-state index contributed by atoms with van der Waals surface area (Å²) in [7, 11) is 1.62. The normalized spacial score (nSPS) is 15.6. The average Bonchev–Trinajstić information content (AvgIpc) is 2.85. The first kappa shape index (κ1) is 14.9. The summed E-state index contributed by atoms with van der Waals surface area (Å²) in [5, 5.41) is 2.11. The molecule has 1 aromatic heterocycles. The number of anilines is 2. The van der Waals surface area contributed by atoms with Crippen LogP contribution in [0.15, 0.2) is 29.1 Å². The monoisotopic (exact) mass is 340 g/mol. The van der Waals surface area contributed by atoms with E-state index in [9.17, 15) is 19.2 Å². The number of nitrogens with zero attached hydrogens (tertiary/aromatic N) is 2. The van der Waals surface area contributed by atoms with E-state index in [2.05, 4.69) is 5.32 Å². The van der Waals surface area contributed by atoms with Gasteiger partial charge in [-0.1, -0.05) is 0 Å². The van der Waals surface area contributed by atoms with Crippen molar-refractivity contribution >= 4 is 29.2 Å². The fourth-order valence-electron chi connectivity index (χ4n) is 2.95. The van der Waals surface area contributed by atoms with Crippen LogP contribution in [0, 0.1) is 0 Å². The van der Waals surface area contributed by atoms with Crippen LogP contribution in [-0.4, -0.2) is 35.9 Å². The van der Waals surface area contributed by atoms with Crippen molar-refractivity contribution in [3.05, 3.63) is 45.7 Å². The highest BCUT2D eigenvalue weighted by Gasteiger charge is 2.32. The van der Waals surface area contributed by atoms with E-state index in [1.165, 1.54) is 4.90 Å². The maximum absolute atomic E-state index is 12.4. The molecule has 1 aromatic carbocycles. The maximum atomic E-state index is 12.4. The quantitative estimate of drug-likeness (QED) is 0.685. The average molecular weight is 340 g/mol. The number of nitrogens with two attached hydrogens (primary N) is 1. The number of hydrogen-bond acceptors (Lipinski definition) is 6. The van der Waals surface area contributed by atoms with Gasteiger partial charge in [0.2, 0.25) is 0 Å². The molecule has 2 aromatic rings. The van der Waals surface area contributed by atoms with E-state index in [0.717, 1.165) is 10.6 Å². The number of carbonyl (C=O) groups is 3. The van der Waals surface area contributed by atoms with Gasteiger partial charge in [0.15, 0.2) is 6.61 Å². The van der Waals surface area contributed by atoms with Crippen LogP contribution in [0.5, 0.6) is 5.75 Å². The number of benzene rings is 1. The Hall–Kier alpha value is -3.62. The van der Waals surface area contributed by atoms with Gasteiger partial charge in [-0.3, -0.25) is 29.1 Å². The van der Waals surface area contributed by atoms with Crippen LogP contribution >= 0.6 is 0 Å². The lowest BCUT2D eigenvalue weighted by Crippen LogP contribution is -2.35. The van der Waals surface area contributed by atoms with Crippen molar-refractivity contribution in [2.45, 2.75) is 0 Å². The molecule has 3 heterocycles. The van der Waals surface area contributed by atoms with E-state index in [0.29, 0.717) is 17.1 Å². The van der Waals surface area contributed by atoms with Gasteiger partial charge in [0.1, 0.15) is 11.6 Å². The van der Waals surface area contributed by atoms with Crippen LogP contribution in [-0.2, 0) is 4.79 Å². The maximum Gasteiger partial charge on any atom is 0.264 e. The molecule has 0 atom stereocenters. The first-order chi connectivity index (χ1) is 11.9. The van der Waals surface area contributed by atoms with Crippen molar-refractivity contribution in [3.8, 4) is 11.4 Å². The lowest BCUT2D eigenvalue weighted by Gasteiger charge is -2.26. The van der Waals surface area contributed by atoms with Gasteiger partial charge in [0, 0.05) is 19.2 Å². The SMILES string of the molecule is CN1C(=O)COc2cc(-n3c(N)c4c(cc3=O)C(=O)NC4=O)ccc21. The molecule has 0 unspecified atom stereocenters. The molecule has 4 rings (SSSR count). The zero-order valence-electron chi connectivity index (χ0n) is 13.0. The van der Waals surface area contributed by atoms with E-state index in [1.54, 1.807) is 25.2 Å². The van der Waals surface area contributed by atoms with Crippen molar-refractivity contribution in [2.75, 3.05) is 24.3 Å². The third kappa shape index (κ3) is 2.02. The summed E-state index contributed by atoms with van der Waals surface area (Å²) >= 11 is 0. The second-order valence-electron chi connectivity index (χ2n) is 5.67. The van der Waals surface area contributed by atoms with Crippen LogP contribution in [0.1, 0.15) is 20.7 Å². The van der Waals surface area contributed by atoms with Crippen LogP contribution < -0.4 is 26.2 Å². The number of likely N-dealkylation sites (N-methyl/N-ethyl adjacent to an activating group) is 1. The molecular weight excluding hydrogens is 328 g/mol. The van der Waals surface area contributed by atoms with Crippen molar-refractivity contribution in [3.63, 3.8) is 0 Å². The number of hydrogen-bond donors (Lipinski definition) is 2. The topological polar surface area (TPSA) is 124 Å². The standard InChI is InChI=1S/C16H12N4O5/c1-19-9-3-2-7(4-10(9)25-6-12(19)22)20-11(21)5-8-13(14(20)17)16(24)18-15(8)23/h2-5H,6,17H2,1H3,(H,18,23,24). The first-order valence-corrected chi connectivity index (χ1v) is 7.33. The molecule has 9 heteroatoms. The molecular formula is C16H12N4O5. The van der Waals surface area contributed by atoms with Gasteiger partial charge in [-0.25, -0.2) is 0 Å². The third-order valence-corrected chi connectivity index (χ3v) is 4.24. The molecule has 3 N–H and O–H groups in total. The molecule has 9 nitrogen and oxygen atoms in total. The number of fused-ring (bicyclic) bond motifs is 2. The Morgan fingerprint density at radius 3 is 2.64 bits per heavy atom. The van der Waals surface area contributed by atoms with Crippen LogP contribution in [0.25, 0.3) is 5.69 Å². The second-order valence-corrected chi connectivity index (χ2v) is 5.67. The molecule has 0 aliphatic carbocycles. The van der Waals surface area contributed by atoms with E-state index < -0.39 is 17.4 Å². The number of amides is 3. The van der Waals surface area contributed by atoms with Crippen molar-refractivity contribution in [2.24, 2.45) is 0 Å². The van der Waals surface area contributed by atoms with Crippen LogP contribution in [0.3, 0.4) is 0 Å². The lowest BCUT2D eigenvalue weighted by atomic mass is 10.1. The number of aromatic nitrogens is 1. The van der Waals surface area contributed by atoms with Crippen LogP contribution in [0.2, 0.25) is 0 Å². The zero-order valence-corrected chi connectivity index (χ0v) is 13.0. The minimum atomic E-state index is -0.648. The molecule has 0 bridgehead atoms. The summed E-state index contributed by atoms with van der Waals surface area (Å²) in [6, 6.07) is 5.82. The Bertz CT molecular complexity index is 1040. The number of carbonyl (C=O) groups excluding carboxylic acids is 3. The lowest BCUT2D eigenvalue weighted by molar-refractivity contribution is -0.120. The molecule has 2 aliphatic rings. The van der Waals surface area contributed by atoms with Gasteiger partial charge < -0.3 is 15.4 Å². The van der Waals surface area contributed by atoms with E-state index >= 15 is 0 Å². The first-order valence-electron chi connectivity index (χ1n) is 7.33. The fraction of sp³-hybridized carbons (Fsp3) is 0.125. The van der Waals surface area contributed by atoms with Crippen LogP contribution in [0.4, 0.5) is 11.5 Å². The van der Waals surface area contributed by atoms with Gasteiger partial charge >= 0.3 is 0 Å². The summed E-state index contributed by atoms with van der Waals surface area (Å²) in [6.45, 7) is -0.113. The zero-order chi connectivity index (χ0) is 17.9. The predicted molar refractivity (Wildman–Crippen MR) is 87.2 cm³/mol. The number of nitrogens with one attached hydrogen (secondary N) is 1. The Morgan fingerprint density at radius 1 is 1.12 bits per heavy atom. The minimum Gasteiger partial charge on any atom is -0.481 e. The van der Waals surface area contributed by atoms with Crippen molar-refractivity contribution < 1.29 is 19.1 Å². The van der Waals surface area contributed by atoms with Gasteiger partial charge in [-0.05, 0) is 12.1 Å². The summed E-state index contributed by atoms with van der Waals surface area (Å²) < 4.78 is 6.52. The number of pyridine rings is 1. The Kier molecular flexibility index (Phi) is 2.95. The highest BCUT2D eigenvalue weighted by Crippen LogP contribution is 2.33. The van der Waals surface area contributed by atoms with Crippen molar-refractivity contribution in [1.82, 2.24) is 9.88 Å². The highest BCUT2D eigenvalue weighted by molar-refractivity contribution is 6.23. The molecule has 0 spiro atoms. The summed E-state index contributed by atoms with van der Waals surface area (Å²) in [4.78, 5) is 49.1. The largest absolute Gasteiger partial charge is 0.481 e. The van der Waals surface area contributed by atoms with Gasteiger partial charge in [-0.15, -0.1) is 0 Å². The van der Waals surface area contributed by atoms with Gasteiger partial charge in [0.25, 0.3) is 23.3 Å². The number of imide groups is 1. The predicted octanol–water partition coefficient (Wildman–Crippen LogP) is -0.342. The molecule has 0 saturated carbocycles. The summed E-state index contributed by atoms with van der Waals surface area (Å²) in [5.74, 6) is -1.21. The minimum absolute atomic E-state index is 0.0319. The summed E-state index contributed by atoms with van der Waals surface area (Å²) in [6.07, 6.45) is 0. The third-order valence-electron chi connectivity index (χ3n) is 4.24. The number of ether oxygens (including phenoxy) is 1. The van der Waals surface area contributed by atoms with E-state index in [-0.39, 0.29) is 29.5 Å². The molecule has 126 valence electrons. The Labute approximate surface area is 140 Å². The smallest absolute Gasteiger partial charge is 0.264 e. The molecule has 0 fully saturated rings. The van der Waals surface area contributed by atoms with E-state index in [4.69, 9.17) is 10.5 Å². The molecule has 0 saturated heterocycles. The van der Waals surface area contributed by atoms with Gasteiger partial charge in [-0.2, -0.15) is 0 Å². The number of rotatable bonds is 1. The highest BCUT2D eigenvalue weighted by atomic mass is 16.5. The van der Waals surface area contributed by atoms with E-state index in [1.807, 2.05) is 0 Å². The molecule has 0 radical (unpaired) electrons. The molecule has 3 amide bonds. The second kappa shape index (κ2) is 4.94. The summed E-state index contributed by atoms with van der Waals surface area (Å²) in [5.41, 5.74) is 6.28.